The van der Waals surface area contributed by atoms with E-state index in [-0.39, 0.29) is 6.54 Å². The highest BCUT2D eigenvalue weighted by molar-refractivity contribution is 7.89. The summed E-state index contributed by atoms with van der Waals surface area (Å²) >= 11 is 0. The van der Waals surface area contributed by atoms with Crippen LogP contribution in [0.4, 0.5) is 11.6 Å². The fourth-order valence-electron chi connectivity index (χ4n) is 3.79. The van der Waals surface area contributed by atoms with Gasteiger partial charge in [-0.3, -0.25) is 0 Å². The third-order valence-corrected chi connectivity index (χ3v) is 7.46. The van der Waals surface area contributed by atoms with Gasteiger partial charge in [0.2, 0.25) is 16.0 Å². The normalized spacial score (nSPS) is 14.0. The second kappa shape index (κ2) is 8.76. The van der Waals surface area contributed by atoms with Gasteiger partial charge in [0.15, 0.2) is 0 Å². The molecule has 2 heterocycles. The Bertz CT molecular complexity index is 1240. The van der Waals surface area contributed by atoms with Gasteiger partial charge in [0, 0.05) is 55.2 Å². The molecule has 9 heteroatoms. The van der Waals surface area contributed by atoms with Crippen LogP contribution in [-0.4, -0.2) is 43.5 Å². The molecule has 1 aliphatic rings. The number of anilines is 2. The predicted molar refractivity (Wildman–Crippen MR) is 122 cm³/mol. The van der Waals surface area contributed by atoms with Crippen LogP contribution >= 0.6 is 0 Å². The Morgan fingerprint density at radius 1 is 1.03 bits per heavy atom. The second-order valence-corrected chi connectivity index (χ2v) is 9.66. The first-order valence-electron chi connectivity index (χ1n) is 10.2. The molecule has 168 valence electrons. The first kappa shape index (κ1) is 22.0. The zero-order valence-electron chi connectivity index (χ0n) is 18.5. The molecule has 0 amide bonds. The number of sulfonamides is 1. The Kier molecular flexibility index (Phi) is 6.03. The van der Waals surface area contributed by atoms with E-state index >= 15 is 0 Å². The monoisotopic (exact) mass is 454 g/mol. The number of benzene rings is 2. The van der Waals surface area contributed by atoms with Crippen molar-refractivity contribution in [2.45, 2.75) is 31.7 Å². The Morgan fingerprint density at radius 2 is 1.75 bits per heavy atom. The van der Waals surface area contributed by atoms with E-state index in [0.717, 1.165) is 28.1 Å². The SMILES string of the molecule is COc1cc(Nc2ncc3c(n2)CCN(S(=O)(=O)c2ccc(C)cc2C)C3)cc(OC)c1. The van der Waals surface area contributed by atoms with Crippen molar-refractivity contribution in [3.8, 4) is 11.5 Å². The van der Waals surface area contributed by atoms with Gasteiger partial charge in [0.25, 0.3) is 0 Å². The summed E-state index contributed by atoms with van der Waals surface area (Å²) in [7, 11) is -0.414. The summed E-state index contributed by atoms with van der Waals surface area (Å²) in [5.74, 6) is 1.74. The predicted octanol–water partition coefficient (Wildman–Crippen LogP) is 3.60. The number of ether oxygens (including phenoxy) is 2. The number of fused-ring (bicyclic) bond motifs is 1. The zero-order chi connectivity index (χ0) is 22.9. The van der Waals surface area contributed by atoms with Gasteiger partial charge in [-0.1, -0.05) is 17.7 Å². The summed E-state index contributed by atoms with van der Waals surface area (Å²) in [6.07, 6.45) is 2.20. The van der Waals surface area contributed by atoms with Crippen LogP contribution < -0.4 is 14.8 Å². The average Bonchev–Trinajstić information content (AvgIpc) is 2.78. The molecular formula is C23H26N4O4S. The number of nitrogens with one attached hydrogen (secondary N) is 1. The van der Waals surface area contributed by atoms with Crippen molar-refractivity contribution in [3.63, 3.8) is 0 Å². The summed E-state index contributed by atoms with van der Waals surface area (Å²) in [6.45, 7) is 4.39. The highest BCUT2D eigenvalue weighted by Crippen LogP contribution is 2.29. The third kappa shape index (κ3) is 4.39. The molecule has 1 aromatic heterocycles. The second-order valence-electron chi connectivity index (χ2n) is 7.75. The topological polar surface area (TPSA) is 93.6 Å². The molecule has 8 nitrogen and oxygen atoms in total. The Hall–Kier alpha value is -3.17. The van der Waals surface area contributed by atoms with Gasteiger partial charge in [-0.25, -0.2) is 18.4 Å². The van der Waals surface area contributed by atoms with Crippen molar-refractivity contribution < 1.29 is 17.9 Å². The van der Waals surface area contributed by atoms with E-state index in [1.54, 1.807) is 32.5 Å². The standard InChI is InChI=1S/C23H26N4O4S/c1-15-5-6-22(16(2)9-15)32(28,29)27-8-7-21-17(14-27)13-24-23(26-21)25-18-10-19(30-3)12-20(11-18)31-4/h5-6,9-13H,7-8,14H2,1-4H3,(H,24,25,26). The lowest BCUT2D eigenvalue weighted by Gasteiger charge is -2.28. The van der Waals surface area contributed by atoms with Crippen molar-refractivity contribution >= 4 is 21.7 Å². The van der Waals surface area contributed by atoms with Gasteiger partial charge >= 0.3 is 0 Å². The van der Waals surface area contributed by atoms with Gasteiger partial charge < -0.3 is 14.8 Å². The molecular weight excluding hydrogens is 428 g/mol. The van der Waals surface area contributed by atoms with E-state index in [2.05, 4.69) is 15.3 Å². The summed E-state index contributed by atoms with van der Waals surface area (Å²) in [4.78, 5) is 9.35. The number of aromatic nitrogens is 2. The van der Waals surface area contributed by atoms with Crippen LogP contribution in [0, 0.1) is 13.8 Å². The summed E-state index contributed by atoms with van der Waals surface area (Å²) in [5, 5.41) is 3.17. The number of aryl methyl sites for hydroxylation is 2. The number of rotatable bonds is 6. The lowest BCUT2D eigenvalue weighted by Crippen LogP contribution is -2.36. The van der Waals surface area contributed by atoms with Crippen LogP contribution in [0.2, 0.25) is 0 Å². The maximum absolute atomic E-state index is 13.2. The number of hydrogen-bond acceptors (Lipinski definition) is 7. The molecule has 3 aromatic rings. The minimum Gasteiger partial charge on any atom is -0.497 e. The molecule has 1 N–H and O–H groups in total. The number of nitrogens with zero attached hydrogens (tertiary/aromatic N) is 3. The molecule has 0 saturated heterocycles. The van der Waals surface area contributed by atoms with E-state index in [9.17, 15) is 8.42 Å². The van der Waals surface area contributed by atoms with Crippen LogP contribution in [0.25, 0.3) is 0 Å². The lowest BCUT2D eigenvalue weighted by molar-refractivity contribution is 0.387. The Balaban J connectivity index is 1.55. The van der Waals surface area contributed by atoms with Gasteiger partial charge in [0.05, 0.1) is 24.8 Å². The van der Waals surface area contributed by atoms with Crippen LogP contribution in [0.1, 0.15) is 22.4 Å². The van der Waals surface area contributed by atoms with Crippen molar-refractivity contribution in [2.24, 2.45) is 0 Å². The highest BCUT2D eigenvalue weighted by atomic mass is 32.2. The van der Waals surface area contributed by atoms with E-state index in [1.807, 2.05) is 38.1 Å². The molecule has 0 aliphatic carbocycles. The van der Waals surface area contributed by atoms with Crippen molar-refractivity contribution in [3.05, 3.63) is 65.0 Å². The van der Waals surface area contributed by atoms with E-state index in [4.69, 9.17) is 9.47 Å². The summed E-state index contributed by atoms with van der Waals surface area (Å²) < 4.78 is 38.5. The highest BCUT2D eigenvalue weighted by Gasteiger charge is 2.30. The maximum atomic E-state index is 13.2. The number of methoxy groups -OCH3 is 2. The lowest BCUT2D eigenvalue weighted by atomic mass is 10.1. The first-order valence-corrected chi connectivity index (χ1v) is 11.7. The molecule has 32 heavy (non-hydrogen) atoms. The minimum absolute atomic E-state index is 0.248. The van der Waals surface area contributed by atoms with Gasteiger partial charge in [-0.2, -0.15) is 4.31 Å². The van der Waals surface area contributed by atoms with Crippen LogP contribution in [0.5, 0.6) is 11.5 Å². The third-order valence-electron chi connectivity index (χ3n) is 5.45. The molecule has 0 unspecified atom stereocenters. The van der Waals surface area contributed by atoms with Crippen molar-refractivity contribution in [2.75, 3.05) is 26.1 Å². The molecule has 0 atom stereocenters. The summed E-state index contributed by atoms with van der Waals surface area (Å²) in [5.41, 5.74) is 4.16. The fourth-order valence-corrected chi connectivity index (χ4v) is 5.42. The molecule has 1 aliphatic heterocycles. The van der Waals surface area contributed by atoms with Crippen LogP contribution in [-0.2, 0) is 23.0 Å². The molecule has 0 fully saturated rings. The molecule has 4 rings (SSSR count). The van der Waals surface area contributed by atoms with Gasteiger partial charge in [-0.15, -0.1) is 0 Å². The van der Waals surface area contributed by atoms with Gasteiger partial charge in [-0.05, 0) is 25.5 Å². The zero-order valence-corrected chi connectivity index (χ0v) is 19.4. The number of hydrogen-bond donors (Lipinski definition) is 1. The molecule has 0 bridgehead atoms. The molecule has 0 radical (unpaired) electrons. The average molecular weight is 455 g/mol. The molecule has 2 aromatic carbocycles. The Labute approximate surface area is 188 Å². The molecule has 0 spiro atoms. The van der Waals surface area contributed by atoms with E-state index in [0.29, 0.717) is 35.3 Å². The van der Waals surface area contributed by atoms with E-state index < -0.39 is 10.0 Å². The fraction of sp³-hybridized carbons (Fsp3) is 0.304. The summed E-state index contributed by atoms with van der Waals surface area (Å²) in [6, 6.07) is 10.8. The minimum atomic E-state index is -3.59. The van der Waals surface area contributed by atoms with Crippen molar-refractivity contribution in [1.82, 2.24) is 14.3 Å². The van der Waals surface area contributed by atoms with Crippen LogP contribution in [0.3, 0.4) is 0 Å². The first-order chi connectivity index (χ1) is 15.3. The molecule has 0 saturated carbocycles. The maximum Gasteiger partial charge on any atom is 0.243 e. The van der Waals surface area contributed by atoms with Gasteiger partial charge in [0.1, 0.15) is 11.5 Å². The smallest absolute Gasteiger partial charge is 0.243 e. The Morgan fingerprint density at radius 3 is 2.41 bits per heavy atom. The largest absolute Gasteiger partial charge is 0.497 e. The van der Waals surface area contributed by atoms with E-state index in [1.165, 1.54) is 4.31 Å². The quantitative estimate of drug-likeness (QED) is 0.608. The van der Waals surface area contributed by atoms with Crippen LogP contribution in [0.15, 0.2) is 47.5 Å². The van der Waals surface area contributed by atoms with Crippen molar-refractivity contribution in [1.29, 1.82) is 0 Å².